The molecule has 1 N–H and O–H groups in total. The maximum absolute atomic E-state index is 12.8. The minimum absolute atomic E-state index is 0.181. The second-order valence-electron chi connectivity index (χ2n) is 5.33. The molecule has 3 aromatic rings. The van der Waals surface area contributed by atoms with Crippen molar-refractivity contribution in [1.82, 2.24) is 29.0 Å². The van der Waals surface area contributed by atoms with Crippen LogP contribution in [0.1, 0.15) is 25.6 Å². The van der Waals surface area contributed by atoms with Gasteiger partial charge in [-0.3, -0.25) is 4.68 Å². The van der Waals surface area contributed by atoms with Crippen LogP contribution in [-0.4, -0.2) is 56.2 Å². The van der Waals surface area contributed by atoms with E-state index in [2.05, 4.69) is 20.1 Å². The second-order valence-corrected chi connectivity index (χ2v) is 7.14. The maximum Gasteiger partial charge on any atom is 0.213 e. The number of rotatable bonds is 5. The van der Waals surface area contributed by atoms with E-state index in [4.69, 9.17) is 12.3 Å². The van der Waals surface area contributed by atoms with E-state index in [-0.39, 0.29) is 15.6 Å². The predicted molar refractivity (Wildman–Crippen MR) is 94.3 cm³/mol. The molecule has 0 spiro atoms. The van der Waals surface area contributed by atoms with Gasteiger partial charge in [-0.1, -0.05) is 0 Å². The Morgan fingerprint density at radius 1 is 1.54 bits per heavy atom. The molecule has 134 valence electrons. The van der Waals surface area contributed by atoms with Gasteiger partial charge in [0.1, 0.15) is 17.5 Å². The molecule has 1 aliphatic rings. The molecule has 26 heavy (non-hydrogen) atoms. The van der Waals surface area contributed by atoms with E-state index in [1.54, 1.807) is 12.3 Å². The zero-order chi connectivity index (χ0) is 26.2. The molecule has 0 radical (unpaired) electrons. The Bertz CT molecular complexity index is 1440. The molecule has 0 unspecified atom stereocenters. The number of H-pyrrole nitrogens is 1. The third-order valence-corrected chi connectivity index (χ3v) is 4.88. The molecule has 1 saturated heterocycles. The molecule has 0 saturated carbocycles. The van der Waals surface area contributed by atoms with E-state index >= 15 is 0 Å². The first-order valence-corrected chi connectivity index (χ1v) is 8.83. The summed E-state index contributed by atoms with van der Waals surface area (Å²) in [4.78, 5) is 11.0. The topological polar surface area (TPSA) is 121 Å². The Morgan fingerprint density at radius 3 is 3.15 bits per heavy atom. The van der Waals surface area contributed by atoms with Gasteiger partial charge in [0, 0.05) is 48.7 Å². The van der Waals surface area contributed by atoms with E-state index in [9.17, 15) is 13.7 Å². The molecule has 3 aromatic heterocycles. The minimum Gasteiger partial charge on any atom is -0.346 e. The van der Waals surface area contributed by atoms with Crippen molar-refractivity contribution in [2.45, 2.75) is 18.8 Å². The summed E-state index contributed by atoms with van der Waals surface area (Å²) in [6.07, 6.45) is 1.63. The van der Waals surface area contributed by atoms with Crippen LogP contribution in [0.2, 0.25) is 0 Å². The summed E-state index contributed by atoms with van der Waals surface area (Å²) in [5, 5.41) is 14.0. The zero-order valence-corrected chi connectivity index (χ0v) is 13.8. The molecule has 0 atom stereocenters. The van der Waals surface area contributed by atoms with Gasteiger partial charge in [-0.05, 0) is 12.9 Å². The van der Waals surface area contributed by atoms with Crippen molar-refractivity contribution in [2.75, 3.05) is 18.7 Å². The Labute approximate surface area is 163 Å². The summed E-state index contributed by atoms with van der Waals surface area (Å²) in [7, 11) is -5.13. The molecular formula is C16H17N7O2S. The first-order chi connectivity index (χ1) is 15.9. The van der Waals surface area contributed by atoms with E-state index < -0.39 is 47.5 Å². The van der Waals surface area contributed by atoms with Crippen LogP contribution in [-0.2, 0) is 15.6 Å². The normalized spacial score (nSPS) is 27.1. The highest BCUT2D eigenvalue weighted by atomic mass is 32.2. The molecular weight excluding hydrogens is 354 g/mol. The highest BCUT2D eigenvalue weighted by molar-refractivity contribution is 7.89. The van der Waals surface area contributed by atoms with Crippen molar-refractivity contribution < 1.29 is 20.8 Å². The van der Waals surface area contributed by atoms with Crippen molar-refractivity contribution in [2.24, 2.45) is 0 Å². The lowest BCUT2D eigenvalue weighted by Crippen LogP contribution is -2.64. The molecule has 0 aliphatic carbocycles. The van der Waals surface area contributed by atoms with Crippen LogP contribution in [0.4, 0.5) is 0 Å². The number of fused-ring (bicyclic) bond motifs is 1. The number of sulfonamides is 1. The van der Waals surface area contributed by atoms with Crippen LogP contribution in [0.15, 0.2) is 31.0 Å². The summed E-state index contributed by atoms with van der Waals surface area (Å²) < 4.78 is 97.8. The predicted octanol–water partition coefficient (Wildman–Crippen LogP) is 1.10. The van der Waals surface area contributed by atoms with Gasteiger partial charge < -0.3 is 4.98 Å². The smallest absolute Gasteiger partial charge is 0.213 e. The molecule has 0 aromatic carbocycles. The highest BCUT2D eigenvalue weighted by Crippen LogP contribution is 2.35. The Hall–Kier alpha value is -2.77. The Morgan fingerprint density at radius 2 is 2.38 bits per heavy atom. The van der Waals surface area contributed by atoms with Gasteiger partial charge in [-0.2, -0.15) is 14.7 Å². The molecule has 4 heterocycles. The first-order valence-electron chi connectivity index (χ1n) is 11.7. The van der Waals surface area contributed by atoms with Gasteiger partial charge in [0.15, 0.2) is 0 Å². The number of aromatic amines is 1. The van der Waals surface area contributed by atoms with Crippen molar-refractivity contribution in [3.63, 3.8) is 0 Å². The fourth-order valence-corrected chi connectivity index (χ4v) is 3.20. The lowest BCUT2D eigenvalue weighted by Gasteiger charge is -2.47. The number of nitriles is 1. The quantitative estimate of drug-likeness (QED) is 0.707. The van der Waals surface area contributed by atoms with Crippen LogP contribution in [0, 0.1) is 11.3 Å². The van der Waals surface area contributed by atoms with Gasteiger partial charge in [0.2, 0.25) is 10.0 Å². The largest absolute Gasteiger partial charge is 0.346 e. The Kier molecular flexibility index (Phi) is 2.10. The van der Waals surface area contributed by atoms with Crippen LogP contribution in [0.25, 0.3) is 22.3 Å². The molecule has 1 fully saturated rings. The van der Waals surface area contributed by atoms with Crippen molar-refractivity contribution >= 4 is 21.1 Å². The van der Waals surface area contributed by atoms with Gasteiger partial charge in [0.05, 0.1) is 30.1 Å². The summed E-state index contributed by atoms with van der Waals surface area (Å²) in [6, 6.07) is 2.85. The molecule has 0 bridgehead atoms. The van der Waals surface area contributed by atoms with Gasteiger partial charge in [0.25, 0.3) is 0 Å². The number of hydrogen-bond donors (Lipinski definition) is 1. The third-order valence-electron chi connectivity index (χ3n) is 3.78. The van der Waals surface area contributed by atoms with Gasteiger partial charge >= 0.3 is 0 Å². The number of aromatic nitrogens is 5. The molecule has 1 aliphatic heterocycles. The van der Waals surface area contributed by atoms with Gasteiger partial charge in [-0.25, -0.2) is 18.4 Å². The average Bonchev–Trinajstić information content (AvgIpc) is 3.33. The maximum atomic E-state index is 12.8. The van der Waals surface area contributed by atoms with Crippen LogP contribution < -0.4 is 0 Å². The molecule has 10 heteroatoms. The van der Waals surface area contributed by atoms with E-state index in [0.717, 1.165) is 12.4 Å². The first kappa shape index (κ1) is 9.25. The van der Waals surface area contributed by atoms with E-state index in [1.807, 2.05) is 0 Å². The van der Waals surface area contributed by atoms with Crippen LogP contribution in [0.5, 0.6) is 0 Å². The monoisotopic (exact) mass is 380 g/mol. The van der Waals surface area contributed by atoms with Crippen molar-refractivity contribution in [3.05, 3.63) is 31.0 Å². The number of nitrogens with one attached hydrogen (secondary N) is 1. The number of nitrogens with zero attached hydrogens (tertiary/aromatic N) is 6. The summed E-state index contributed by atoms with van der Waals surface area (Å²) in [5.41, 5.74) is -2.25. The molecule has 4 rings (SSSR count). The SMILES string of the molecule is [2H]C([2H])([2H])CS(=O)(=O)N1C([2H])([2H])C(n2cc(-c3ncnc4[nH]ccc34)cn2)(C([2H])([2H])C#N)C1([2H])[2H]. The summed E-state index contributed by atoms with van der Waals surface area (Å²) >= 11 is 0. The highest BCUT2D eigenvalue weighted by Gasteiger charge is 2.49. The van der Waals surface area contributed by atoms with Crippen LogP contribution in [0.3, 0.4) is 0 Å². The minimum atomic E-state index is -5.13. The zero-order valence-electron chi connectivity index (χ0n) is 22.0. The fourth-order valence-electron chi connectivity index (χ4n) is 2.53. The lowest BCUT2D eigenvalue weighted by atomic mass is 9.89. The number of hydrogen-bond acceptors (Lipinski definition) is 6. The summed E-state index contributed by atoms with van der Waals surface area (Å²) in [5.74, 6) is -1.60. The average molecular weight is 380 g/mol. The lowest BCUT2D eigenvalue weighted by molar-refractivity contribution is 0.0719. The third kappa shape index (κ3) is 2.48. The fraction of sp³-hybridized carbons (Fsp3) is 0.375. The van der Waals surface area contributed by atoms with E-state index in [1.165, 1.54) is 12.4 Å². The molecule has 0 amide bonds. The summed E-state index contributed by atoms with van der Waals surface area (Å²) in [6.45, 7) is -9.98. The van der Waals surface area contributed by atoms with Crippen LogP contribution >= 0.6 is 0 Å². The molecule has 9 nitrogen and oxygen atoms in total. The Balaban J connectivity index is 1.93. The van der Waals surface area contributed by atoms with Crippen molar-refractivity contribution in [1.29, 1.82) is 5.26 Å². The van der Waals surface area contributed by atoms with Crippen molar-refractivity contribution in [3.8, 4) is 17.3 Å². The second kappa shape index (κ2) is 5.89. The standard InChI is InChI=1S/C16H17N7O2S/c1-2-26(24,25)22-9-16(10-22,4-5-17)23-8-12(7-21-23)14-13-3-6-18-15(13)20-11-19-14/h3,6-8,11H,2,4,9-10H2,1H3,(H,18,19,20)/i1D3,4D2,9D2,10D2. The van der Waals surface area contributed by atoms with Gasteiger partial charge in [-0.15, -0.1) is 0 Å². The van der Waals surface area contributed by atoms with E-state index in [0.29, 0.717) is 15.7 Å².